The van der Waals surface area contributed by atoms with Gasteiger partial charge in [0, 0.05) is 16.8 Å². The fourth-order valence-electron chi connectivity index (χ4n) is 3.52. The summed E-state index contributed by atoms with van der Waals surface area (Å²) in [6, 6.07) is 15.4. The number of halogens is 1. The Morgan fingerprint density at radius 1 is 1.23 bits per heavy atom. The summed E-state index contributed by atoms with van der Waals surface area (Å²) in [4.78, 5) is 7.76. The van der Waals surface area contributed by atoms with Crippen LogP contribution in [0.5, 0.6) is 0 Å². The number of thiocarbonyl (C=S) groups is 1. The van der Waals surface area contributed by atoms with Crippen molar-refractivity contribution in [3.8, 4) is 0 Å². The van der Waals surface area contributed by atoms with Gasteiger partial charge in [0.15, 0.2) is 5.11 Å². The first-order valence-electron chi connectivity index (χ1n) is 9.07. The molecule has 10 heteroatoms. The lowest BCUT2D eigenvalue weighted by Crippen LogP contribution is -2.29. The van der Waals surface area contributed by atoms with Crippen LogP contribution in [0.25, 0.3) is 0 Å². The van der Waals surface area contributed by atoms with Crippen molar-refractivity contribution in [2.45, 2.75) is 19.0 Å². The highest BCUT2D eigenvalue weighted by Gasteiger charge is 2.41. The van der Waals surface area contributed by atoms with Crippen LogP contribution < -0.4 is 14.9 Å². The summed E-state index contributed by atoms with van der Waals surface area (Å²) in [7, 11) is -3.35. The molecule has 2 atom stereocenters. The number of aryl methyl sites for hydroxylation is 1. The van der Waals surface area contributed by atoms with Gasteiger partial charge in [0.1, 0.15) is 0 Å². The van der Waals surface area contributed by atoms with E-state index in [0.717, 1.165) is 31.9 Å². The molecule has 0 radical (unpaired) electrons. The number of aromatic nitrogens is 1. The van der Waals surface area contributed by atoms with Crippen LogP contribution in [0.4, 0.5) is 11.4 Å². The van der Waals surface area contributed by atoms with E-state index in [0.29, 0.717) is 10.8 Å². The average Bonchev–Trinajstić information content (AvgIpc) is 3.26. The molecule has 1 aliphatic heterocycles. The molecule has 0 aliphatic carbocycles. The topological polar surface area (TPSA) is 74.3 Å². The van der Waals surface area contributed by atoms with Crippen LogP contribution in [0, 0.1) is 6.92 Å². The van der Waals surface area contributed by atoms with E-state index in [1.165, 1.54) is 0 Å². The minimum absolute atomic E-state index is 0.0863. The number of anilines is 2. The summed E-state index contributed by atoms with van der Waals surface area (Å²) in [6.45, 7) is 1.87. The molecule has 0 amide bonds. The normalized spacial score (nSPS) is 19.0. The van der Waals surface area contributed by atoms with Crippen LogP contribution in [-0.2, 0) is 10.0 Å². The van der Waals surface area contributed by atoms with Crippen molar-refractivity contribution in [1.82, 2.24) is 10.3 Å². The minimum atomic E-state index is -3.35. The van der Waals surface area contributed by atoms with Crippen LogP contribution in [0.2, 0.25) is 0 Å². The summed E-state index contributed by atoms with van der Waals surface area (Å²) in [6.07, 6.45) is 2.92. The fraction of sp³-hybridized carbons (Fsp3) is 0.200. The van der Waals surface area contributed by atoms with Gasteiger partial charge < -0.3 is 10.2 Å². The Bertz CT molecular complexity index is 1200. The Morgan fingerprint density at radius 2 is 2.03 bits per heavy atom. The highest BCUT2D eigenvalue weighted by Crippen LogP contribution is 2.44. The second kappa shape index (κ2) is 8.26. The maximum Gasteiger partial charge on any atom is 0.229 e. The third-order valence-corrected chi connectivity index (χ3v) is 7.37. The molecule has 4 rings (SSSR count). The third kappa shape index (κ3) is 4.36. The van der Waals surface area contributed by atoms with Crippen molar-refractivity contribution in [1.29, 1.82) is 0 Å². The Morgan fingerprint density at radius 3 is 2.63 bits per heavy atom. The van der Waals surface area contributed by atoms with Crippen molar-refractivity contribution in [3.05, 3.63) is 74.6 Å². The van der Waals surface area contributed by atoms with Crippen molar-refractivity contribution in [2.24, 2.45) is 0 Å². The SMILES string of the molecule is Cc1cc(N2C(=S)NC(c3ccccn3)C2c2ccc(Br)s2)ccc1NS(C)(=O)=O. The number of nitrogens with zero attached hydrogens (tertiary/aromatic N) is 2. The van der Waals surface area contributed by atoms with Crippen molar-refractivity contribution in [2.75, 3.05) is 15.9 Å². The van der Waals surface area contributed by atoms with Gasteiger partial charge in [-0.2, -0.15) is 0 Å². The summed E-state index contributed by atoms with van der Waals surface area (Å²) in [5, 5.41) is 4.02. The first-order valence-corrected chi connectivity index (χ1v) is 13.0. The zero-order chi connectivity index (χ0) is 21.5. The Balaban J connectivity index is 1.77. The lowest BCUT2D eigenvalue weighted by atomic mass is 10.0. The number of rotatable bonds is 5. The maximum absolute atomic E-state index is 11.6. The van der Waals surface area contributed by atoms with Crippen LogP contribution in [0.15, 0.2) is 58.5 Å². The summed E-state index contributed by atoms with van der Waals surface area (Å²) < 4.78 is 26.8. The molecule has 2 aromatic heterocycles. The van der Waals surface area contributed by atoms with E-state index in [-0.39, 0.29) is 12.1 Å². The molecule has 3 aromatic rings. The Hall–Kier alpha value is -2.01. The first kappa shape index (κ1) is 21.2. The standard InChI is InChI=1S/C20H19BrN4O2S3/c1-12-11-13(6-7-14(12)24-30(2,26)27)25-19(16-8-9-17(21)29-16)18(23-20(25)28)15-5-3-4-10-22-15/h3-11,18-19,24H,1-2H3,(H,23,28). The summed E-state index contributed by atoms with van der Waals surface area (Å²) in [5.41, 5.74) is 3.16. The van der Waals surface area contributed by atoms with E-state index in [1.807, 2.05) is 43.3 Å². The predicted molar refractivity (Wildman–Crippen MR) is 130 cm³/mol. The van der Waals surface area contributed by atoms with Gasteiger partial charge in [-0.3, -0.25) is 9.71 Å². The number of hydrogen-bond acceptors (Lipinski definition) is 5. The summed E-state index contributed by atoms with van der Waals surface area (Å²) in [5.74, 6) is 0. The van der Waals surface area contributed by atoms with Gasteiger partial charge in [-0.1, -0.05) is 6.07 Å². The average molecular weight is 524 g/mol. The van der Waals surface area contributed by atoms with E-state index >= 15 is 0 Å². The molecule has 3 heterocycles. The second-order valence-electron chi connectivity index (χ2n) is 7.01. The third-order valence-electron chi connectivity index (χ3n) is 4.77. The molecule has 1 aromatic carbocycles. The van der Waals surface area contributed by atoms with Gasteiger partial charge >= 0.3 is 0 Å². The number of hydrogen-bond donors (Lipinski definition) is 2. The van der Waals surface area contributed by atoms with Gasteiger partial charge in [0.05, 0.1) is 33.5 Å². The van der Waals surface area contributed by atoms with Gasteiger partial charge in [-0.15, -0.1) is 11.3 Å². The molecule has 1 fully saturated rings. The number of thiophene rings is 1. The molecule has 1 saturated heterocycles. The molecule has 6 nitrogen and oxygen atoms in total. The van der Waals surface area contributed by atoms with Crippen LogP contribution in [0.1, 0.15) is 28.2 Å². The molecule has 1 aliphatic rings. The zero-order valence-electron chi connectivity index (χ0n) is 16.2. The lowest BCUT2D eigenvalue weighted by molar-refractivity contribution is 0.575. The van der Waals surface area contributed by atoms with Gasteiger partial charge in [-0.05, 0) is 83.1 Å². The quantitative estimate of drug-likeness (QED) is 0.470. The van der Waals surface area contributed by atoms with Crippen LogP contribution >= 0.6 is 39.5 Å². The van der Waals surface area contributed by atoms with Crippen molar-refractivity contribution >= 4 is 66.0 Å². The van der Waals surface area contributed by atoms with Gasteiger partial charge in [0.2, 0.25) is 10.0 Å². The Labute approximate surface area is 193 Å². The van der Waals surface area contributed by atoms with Crippen LogP contribution in [-0.4, -0.2) is 24.8 Å². The number of nitrogens with one attached hydrogen (secondary N) is 2. The second-order valence-corrected chi connectivity index (χ2v) is 11.6. The fourth-order valence-corrected chi connectivity index (χ4v) is 6.05. The molecule has 0 saturated carbocycles. The van der Waals surface area contributed by atoms with E-state index < -0.39 is 10.0 Å². The minimum Gasteiger partial charge on any atom is -0.351 e. The number of sulfonamides is 1. The Kier molecular flexibility index (Phi) is 5.84. The molecule has 0 spiro atoms. The molecular formula is C20H19BrN4O2S3. The highest BCUT2D eigenvalue weighted by atomic mass is 79.9. The van der Waals surface area contributed by atoms with E-state index in [4.69, 9.17) is 12.2 Å². The van der Waals surface area contributed by atoms with Gasteiger partial charge in [0.25, 0.3) is 0 Å². The molecule has 156 valence electrons. The molecule has 2 N–H and O–H groups in total. The molecule has 0 bridgehead atoms. The molecular weight excluding hydrogens is 504 g/mol. The van der Waals surface area contributed by atoms with Gasteiger partial charge in [-0.25, -0.2) is 8.42 Å². The first-order chi connectivity index (χ1) is 14.2. The molecule has 30 heavy (non-hydrogen) atoms. The lowest BCUT2D eigenvalue weighted by Gasteiger charge is -2.27. The largest absolute Gasteiger partial charge is 0.351 e. The van der Waals surface area contributed by atoms with Crippen molar-refractivity contribution in [3.63, 3.8) is 0 Å². The zero-order valence-corrected chi connectivity index (χ0v) is 20.2. The number of pyridine rings is 1. The summed E-state index contributed by atoms with van der Waals surface area (Å²) >= 11 is 10.9. The van der Waals surface area contributed by atoms with E-state index in [2.05, 4.69) is 41.9 Å². The number of benzene rings is 1. The smallest absolute Gasteiger partial charge is 0.229 e. The highest BCUT2D eigenvalue weighted by molar-refractivity contribution is 9.11. The van der Waals surface area contributed by atoms with E-state index in [1.54, 1.807) is 23.6 Å². The monoisotopic (exact) mass is 522 g/mol. The van der Waals surface area contributed by atoms with E-state index in [9.17, 15) is 8.42 Å². The molecule has 2 unspecified atom stereocenters. The predicted octanol–water partition coefficient (Wildman–Crippen LogP) is 4.76. The maximum atomic E-state index is 11.6. The van der Waals surface area contributed by atoms with Crippen molar-refractivity contribution < 1.29 is 8.42 Å². The van der Waals surface area contributed by atoms with Crippen LogP contribution in [0.3, 0.4) is 0 Å².